The molecule has 3 N–H and O–H groups in total. The topological polar surface area (TPSA) is 55.5 Å². The fourth-order valence-electron chi connectivity index (χ4n) is 1.28. The average molecular weight is 258 g/mol. The molecule has 0 saturated heterocycles. The van der Waals surface area contributed by atoms with Crippen molar-refractivity contribution < 1.29 is 9.84 Å². The molecule has 0 fully saturated rings. The van der Waals surface area contributed by atoms with Crippen LogP contribution in [0.5, 0.6) is 5.75 Å². The number of ether oxygens (including phenoxy) is 1. The Morgan fingerprint density at radius 3 is 2.47 bits per heavy atom. The molecule has 1 aromatic rings. The molecule has 0 amide bonds. The second-order valence-electron chi connectivity index (χ2n) is 4.60. The minimum absolute atomic E-state index is 0.0530. The number of halogens is 1. The van der Waals surface area contributed by atoms with Crippen LogP contribution in [-0.4, -0.2) is 17.8 Å². The molecule has 1 unspecified atom stereocenters. The molecule has 96 valence electrons. The van der Waals surface area contributed by atoms with Crippen LogP contribution in [0.1, 0.15) is 32.4 Å². The maximum Gasteiger partial charge on any atom is 0.138 e. The summed E-state index contributed by atoms with van der Waals surface area (Å²) in [7, 11) is 0. The Bertz CT molecular complexity index is 366. The number of hydrogen-bond acceptors (Lipinski definition) is 3. The molecule has 3 nitrogen and oxygen atoms in total. The smallest absolute Gasteiger partial charge is 0.138 e. The molecular weight excluding hydrogens is 238 g/mol. The van der Waals surface area contributed by atoms with Crippen LogP contribution in [0.25, 0.3) is 0 Å². The van der Waals surface area contributed by atoms with Crippen molar-refractivity contribution in [2.75, 3.05) is 6.61 Å². The first-order valence-electron chi connectivity index (χ1n) is 5.77. The van der Waals surface area contributed by atoms with Gasteiger partial charge in [0.25, 0.3) is 0 Å². The molecule has 0 spiro atoms. The number of hydrogen-bond donors (Lipinski definition) is 2. The molecule has 0 aromatic heterocycles. The fraction of sp³-hybridized carbons (Fsp3) is 0.538. The van der Waals surface area contributed by atoms with Crippen molar-refractivity contribution in [2.45, 2.75) is 32.9 Å². The molecule has 0 radical (unpaired) electrons. The Morgan fingerprint density at radius 2 is 2.00 bits per heavy atom. The minimum atomic E-state index is -0.487. The number of aliphatic hydroxyl groups excluding tert-OH is 1. The summed E-state index contributed by atoms with van der Waals surface area (Å²) < 4.78 is 5.47. The predicted octanol–water partition coefficient (Wildman–Crippen LogP) is 2.76. The quantitative estimate of drug-likeness (QED) is 0.853. The van der Waals surface area contributed by atoms with Crippen LogP contribution in [-0.2, 0) is 0 Å². The summed E-state index contributed by atoms with van der Waals surface area (Å²) in [5, 5.41) is 10.2. The first-order valence-corrected chi connectivity index (χ1v) is 6.15. The van der Waals surface area contributed by atoms with E-state index in [9.17, 15) is 5.11 Å². The second-order valence-corrected chi connectivity index (χ2v) is 5.01. The van der Waals surface area contributed by atoms with E-state index in [4.69, 9.17) is 22.1 Å². The lowest BCUT2D eigenvalue weighted by Crippen LogP contribution is -2.23. The summed E-state index contributed by atoms with van der Waals surface area (Å²) in [6, 6.07) is 5.41. The number of benzene rings is 1. The standard InChI is InChI=1S/C13H20ClNO2/c1-8(2)12(16)7-17-13-5-4-10(9(3)15)6-11(13)14/h4-6,8-9,12,16H,7,15H2,1-3H3/t9-,12?/m0/s1. The third-order valence-corrected chi connectivity index (χ3v) is 2.96. The van der Waals surface area contributed by atoms with Crippen LogP contribution >= 0.6 is 11.6 Å². The number of aliphatic hydroxyl groups is 1. The summed E-state index contributed by atoms with van der Waals surface area (Å²) >= 11 is 6.07. The van der Waals surface area contributed by atoms with Crippen molar-refractivity contribution in [1.82, 2.24) is 0 Å². The Hall–Kier alpha value is -0.770. The Labute approximate surface area is 108 Å². The molecule has 4 heteroatoms. The van der Waals surface area contributed by atoms with Gasteiger partial charge < -0.3 is 15.6 Å². The van der Waals surface area contributed by atoms with Gasteiger partial charge in [-0.1, -0.05) is 31.5 Å². The summed E-state index contributed by atoms with van der Waals surface area (Å²) in [4.78, 5) is 0. The van der Waals surface area contributed by atoms with Crippen LogP contribution in [0, 0.1) is 5.92 Å². The Kier molecular flexibility index (Phi) is 5.25. The summed E-state index contributed by atoms with van der Waals surface area (Å²) in [6.07, 6.45) is -0.487. The third-order valence-electron chi connectivity index (χ3n) is 2.66. The van der Waals surface area contributed by atoms with E-state index in [0.29, 0.717) is 10.8 Å². The lowest BCUT2D eigenvalue weighted by atomic mass is 10.1. The van der Waals surface area contributed by atoms with E-state index in [1.807, 2.05) is 26.8 Å². The first-order chi connectivity index (χ1) is 7.91. The molecule has 0 aliphatic rings. The van der Waals surface area contributed by atoms with E-state index in [0.717, 1.165) is 5.56 Å². The summed E-state index contributed by atoms with van der Waals surface area (Å²) in [5.74, 6) is 0.743. The lowest BCUT2D eigenvalue weighted by Gasteiger charge is -2.16. The van der Waals surface area contributed by atoms with Crippen LogP contribution in [0.4, 0.5) is 0 Å². The molecule has 1 aromatic carbocycles. The van der Waals surface area contributed by atoms with Gasteiger partial charge in [0.2, 0.25) is 0 Å². The Balaban J connectivity index is 2.67. The lowest BCUT2D eigenvalue weighted by molar-refractivity contribution is 0.0702. The zero-order chi connectivity index (χ0) is 13.0. The second kappa shape index (κ2) is 6.24. The zero-order valence-electron chi connectivity index (χ0n) is 10.5. The van der Waals surface area contributed by atoms with E-state index in [1.165, 1.54) is 0 Å². The van der Waals surface area contributed by atoms with Crippen molar-refractivity contribution in [1.29, 1.82) is 0 Å². The molecule has 0 saturated carbocycles. The van der Waals surface area contributed by atoms with Gasteiger partial charge in [0.05, 0.1) is 11.1 Å². The van der Waals surface area contributed by atoms with Crippen LogP contribution in [0.15, 0.2) is 18.2 Å². The number of rotatable bonds is 5. The third kappa shape index (κ3) is 4.19. The fourth-order valence-corrected chi connectivity index (χ4v) is 1.53. The number of nitrogens with two attached hydrogens (primary N) is 1. The highest BCUT2D eigenvalue weighted by Crippen LogP contribution is 2.27. The monoisotopic (exact) mass is 257 g/mol. The maximum atomic E-state index is 9.63. The molecule has 0 aliphatic heterocycles. The van der Waals surface area contributed by atoms with Crippen molar-refractivity contribution in [3.05, 3.63) is 28.8 Å². The molecule has 0 heterocycles. The highest BCUT2D eigenvalue weighted by molar-refractivity contribution is 6.32. The summed E-state index contributed by atoms with van der Waals surface area (Å²) in [5.41, 5.74) is 6.72. The van der Waals surface area contributed by atoms with Crippen molar-refractivity contribution in [3.8, 4) is 5.75 Å². The molecule has 0 aliphatic carbocycles. The van der Waals surface area contributed by atoms with Gasteiger partial charge in [-0.2, -0.15) is 0 Å². The van der Waals surface area contributed by atoms with E-state index in [2.05, 4.69) is 0 Å². The molecular formula is C13H20ClNO2. The average Bonchev–Trinajstić information content (AvgIpc) is 2.26. The van der Waals surface area contributed by atoms with Gasteiger partial charge in [-0.15, -0.1) is 0 Å². The van der Waals surface area contributed by atoms with Crippen LogP contribution in [0.2, 0.25) is 5.02 Å². The SMILES string of the molecule is CC(C)C(O)COc1ccc([C@H](C)N)cc1Cl. The molecule has 1 rings (SSSR count). The Morgan fingerprint density at radius 1 is 1.35 bits per heavy atom. The van der Waals surface area contributed by atoms with E-state index < -0.39 is 6.10 Å². The van der Waals surface area contributed by atoms with E-state index in [1.54, 1.807) is 12.1 Å². The van der Waals surface area contributed by atoms with Gasteiger partial charge in [0.1, 0.15) is 12.4 Å². The van der Waals surface area contributed by atoms with Crippen molar-refractivity contribution >= 4 is 11.6 Å². The van der Waals surface area contributed by atoms with Gasteiger partial charge in [-0.25, -0.2) is 0 Å². The van der Waals surface area contributed by atoms with Gasteiger partial charge in [0.15, 0.2) is 0 Å². The molecule has 0 bridgehead atoms. The van der Waals surface area contributed by atoms with Crippen LogP contribution < -0.4 is 10.5 Å². The normalized spacial score (nSPS) is 14.8. The van der Waals surface area contributed by atoms with Gasteiger partial charge in [-0.3, -0.25) is 0 Å². The van der Waals surface area contributed by atoms with Gasteiger partial charge in [-0.05, 0) is 30.5 Å². The predicted molar refractivity (Wildman–Crippen MR) is 70.4 cm³/mol. The first kappa shape index (κ1) is 14.3. The largest absolute Gasteiger partial charge is 0.489 e. The minimum Gasteiger partial charge on any atom is -0.489 e. The summed E-state index contributed by atoms with van der Waals surface area (Å²) in [6.45, 7) is 6.02. The van der Waals surface area contributed by atoms with Gasteiger partial charge in [0, 0.05) is 6.04 Å². The highest BCUT2D eigenvalue weighted by Gasteiger charge is 2.11. The molecule has 2 atom stereocenters. The van der Waals surface area contributed by atoms with Gasteiger partial charge >= 0.3 is 0 Å². The zero-order valence-corrected chi connectivity index (χ0v) is 11.2. The van der Waals surface area contributed by atoms with E-state index in [-0.39, 0.29) is 18.6 Å². The van der Waals surface area contributed by atoms with Crippen molar-refractivity contribution in [3.63, 3.8) is 0 Å². The maximum absolute atomic E-state index is 9.63. The van der Waals surface area contributed by atoms with E-state index >= 15 is 0 Å². The van der Waals surface area contributed by atoms with Crippen LogP contribution in [0.3, 0.4) is 0 Å². The highest BCUT2D eigenvalue weighted by atomic mass is 35.5. The molecule has 17 heavy (non-hydrogen) atoms. The van der Waals surface area contributed by atoms with Crippen molar-refractivity contribution in [2.24, 2.45) is 11.7 Å².